The largest absolute Gasteiger partial charge is 0.573 e. The molecule has 2 aromatic rings. The normalized spacial score (nSPS) is 11.1. The number of rotatable bonds is 8. The molecule has 0 atom stereocenters. The van der Waals surface area contributed by atoms with Gasteiger partial charge in [-0.25, -0.2) is 4.79 Å². The van der Waals surface area contributed by atoms with Gasteiger partial charge >= 0.3 is 12.3 Å². The summed E-state index contributed by atoms with van der Waals surface area (Å²) in [5.74, 6) is -3.05. The fourth-order valence-corrected chi connectivity index (χ4v) is 3.42. The number of hydrogen-bond donors (Lipinski definition) is 2. The molecule has 8 nitrogen and oxygen atoms in total. The van der Waals surface area contributed by atoms with Crippen LogP contribution in [0.3, 0.4) is 0 Å². The van der Waals surface area contributed by atoms with Gasteiger partial charge in [0, 0.05) is 12.7 Å². The van der Waals surface area contributed by atoms with Crippen LogP contribution in [-0.2, 0) is 9.47 Å². The van der Waals surface area contributed by atoms with Gasteiger partial charge in [0.2, 0.25) is 0 Å². The van der Waals surface area contributed by atoms with E-state index in [0.717, 1.165) is 23.5 Å². The highest BCUT2D eigenvalue weighted by Crippen LogP contribution is 2.34. The molecule has 3 N–H and O–H groups in total. The van der Waals surface area contributed by atoms with E-state index in [2.05, 4.69) is 10.1 Å². The number of thiophene rings is 1. The summed E-state index contributed by atoms with van der Waals surface area (Å²) in [7, 11) is 1.41. The molecule has 2 rings (SSSR count). The molecule has 0 aliphatic rings. The van der Waals surface area contributed by atoms with Gasteiger partial charge in [0.15, 0.2) is 0 Å². The van der Waals surface area contributed by atoms with E-state index in [9.17, 15) is 27.6 Å². The van der Waals surface area contributed by atoms with E-state index in [-0.39, 0.29) is 39.8 Å². The van der Waals surface area contributed by atoms with Gasteiger partial charge in [0.1, 0.15) is 17.4 Å². The molecule has 162 valence electrons. The number of esters is 1. The van der Waals surface area contributed by atoms with E-state index in [1.165, 1.54) is 26.2 Å². The monoisotopic (exact) mass is 446 g/mol. The molecule has 0 bridgehead atoms. The summed E-state index contributed by atoms with van der Waals surface area (Å²) >= 11 is 0.749. The van der Waals surface area contributed by atoms with Crippen LogP contribution in [0.2, 0.25) is 0 Å². The number of ether oxygens (including phenoxy) is 3. The van der Waals surface area contributed by atoms with Crippen LogP contribution in [0.5, 0.6) is 5.75 Å². The van der Waals surface area contributed by atoms with Crippen LogP contribution in [0.25, 0.3) is 0 Å². The molecule has 1 heterocycles. The van der Waals surface area contributed by atoms with Gasteiger partial charge in [-0.05, 0) is 30.7 Å². The molecule has 0 saturated carbocycles. The Hall–Kier alpha value is -3.12. The average molecular weight is 446 g/mol. The smallest absolute Gasteiger partial charge is 0.460 e. The summed E-state index contributed by atoms with van der Waals surface area (Å²) in [6.45, 7) is 1.52. The Morgan fingerprint density at radius 2 is 1.90 bits per heavy atom. The minimum Gasteiger partial charge on any atom is -0.460 e. The third kappa shape index (κ3) is 5.94. The second-order valence-electron chi connectivity index (χ2n) is 5.78. The van der Waals surface area contributed by atoms with Crippen molar-refractivity contribution < 1.29 is 41.8 Å². The van der Waals surface area contributed by atoms with Crippen molar-refractivity contribution in [1.82, 2.24) is 0 Å². The van der Waals surface area contributed by atoms with Gasteiger partial charge < -0.3 is 25.3 Å². The maximum Gasteiger partial charge on any atom is 0.573 e. The van der Waals surface area contributed by atoms with Crippen molar-refractivity contribution in [2.24, 2.45) is 5.73 Å². The van der Waals surface area contributed by atoms with Gasteiger partial charge in [0.05, 0.1) is 17.0 Å². The number of benzene rings is 1. The van der Waals surface area contributed by atoms with Crippen LogP contribution in [0.1, 0.15) is 36.0 Å². The molecule has 12 heteroatoms. The predicted molar refractivity (Wildman–Crippen MR) is 101 cm³/mol. The number of primary amides is 1. The molecule has 0 fully saturated rings. The zero-order valence-corrected chi connectivity index (χ0v) is 16.6. The Labute approximate surface area is 172 Å². The minimum absolute atomic E-state index is 0.0261. The van der Waals surface area contributed by atoms with Crippen LogP contribution in [-0.4, -0.2) is 44.5 Å². The summed E-state index contributed by atoms with van der Waals surface area (Å²) in [6, 6.07) is 4.37. The molecule has 0 aliphatic carbocycles. The van der Waals surface area contributed by atoms with E-state index in [1.54, 1.807) is 0 Å². The molecular weight excluding hydrogens is 429 g/mol. The zero-order chi connectivity index (χ0) is 22.5. The lowest BCUT2D eigenvalue weighted by Gasteiger charge is -2.11. The lowest BCUT2D eigenvalue weighted by atomic mass is 10.1. The van der Waals surface area contributed by atoms with Crippen LogP contribution in [0, 0.1) is 6.92 Å². The number of carbonyl (C=O) groups is 3. The number of halogens is 3. The van der Waals surface area contributed by atoms with Gasteiger partial charge in [-0.15, -0.1) is 24.5 Å². The SMILES string of the molecule is COCCOC(=O)c1c(NC(=O)c2cccc(OC(F)(F)F)c2)sc(C(N)=O)c1C. The first-order chi connectivity index (χ1) is 14.0. The van der Waals surface area contributed by atoms with Gasteiger partial charge in [0.25, 0.3) is 11.8 Å². The number of hydrogen-bond acceptors (Lipinski definition) is 7. The molecule has 0 saturated heterocycles. The number of alkyl halides is 3. The zero-order valence-electron chi connectivity index (χ0n) is 15.8. The van der Waals surface area contributed by atoms with Gasteiger partial charge in [-0.3, -0.25) is 9.59 Å². The lowest BCUT2D eigenvalue weighted by molar-refractivity contribution is -0.274. The predicted octanol–water partition coefficient (Wildman–Crippen LogP) is 3.11. The molecule has 0 radical (unpaired) electrons. The van der Waals surface area contributed by atoms with E-state index in [1.807, 2.05) is 0 Å². The fourth-order valence-electron chi connectivity index (χ4n) is 2.38. The van der Waals surface area contributed by atoms with E-state index in [4.69, 9.17) is 15.2 Å². The first-order valence-corrected chi connectivity index (χ1v) is 9.11. The Morgan fingerprint density at radius 3 is 2.50 bits per heavy atom. The van der Waals surface area contributed by atoms with Crippen LogP contribution < -0.4 is 15.8 Å². The summed E-state index contributed by atoms with van der Waals surface area (Å²) in [4.78, 5) is 36.6. The van der Waals surface area contributed by atoms with Crippen molar-refractivity contribution in [3.8, 4) is 5.75 Å². The van der Waals surface area contributed by atoms with Gasteiger partial charge in [-0.2, -0.15) is 0 Å². The van der Waals surface area contributed by atoms with Crippen molar-refractivity contribution in [1.29, 1.82) is 0 Å². The Bertz CT molecular complexity index is 958. The topological polar surface area (TPSA) is 117 Å². The summed E-state index contributed by atoms with van der Waals surface area (Å²) in [5, 5.41) is 2.38. The Balaban J connectivity index is 2.32. The molecule has 1 aromatic heterocycles. The number of carbonyl (C=O) groups excluding carboxylic acids is 3. The number of nitrogens with two attached hydrogens (primary N) is 1. The van der Waals surface area contributed by atoms with E-state index in [0.29, 0.717) is 0 Å². The van der Waals surface area contributed by atoms with Crippen LogP contribution in [0.15, 0.2) is 24.3 Å². The maximum atomic E-state index is 12.5. The Morgan fingerprint density at radius 1 is 1.20 bits per heavy atom. The maximum absolute atomic E-state index is 12.5. The van der Waals surface area contributed by atoms with Crippen LogP contribution >= 0.6 is 11.3 Å². The highest BCUT2D eigenvalue weighted by atomic mass is 32.1. The lowest BCUT2D eigenvalue weighted by Crippen LogP contribution is -2.18. The third-order valence-corrected chi connectivity index (χ3v) is 4.87. The second-order valence-corrected chi connectivity index (χ2v) is 6.80. The summed E-state index contributed by atoms with van der Waals surface area (Å²) < 4.78 is 50.8. The van der Waals surface area contributed by atoms with Crippen molar-refractivity contribution in [2.45, 2.75) is 13.3 Å². The number of amides is 2. The quantitative estimate of drug-likeness (QED) is 0.475. The molecule has 0 spiro atoms. The van der Waals surface area contributed by atoms with Crippen molar-refractivity contribution in [3.05, 3.63) is 45.8 Å². The van der Waals surface area contributed by atoms with E-state index >= 15 is 0 Å². The highest BCUT2D eigenvalue weighted by Gasteiger charge is 2.31. The highest BCUT2D eigenvalue weighted by molar-refractivity contribution is 7.18. The summed E-state index contributed by atoms with van der Waals surface area (Å²) in [6.07, 6.45) is -4.92. The average Bonchev–Trinajstić information content (AvgIpc) is 2.97. The first kappa shape index (κ1) is 23.2. The number of anilines is 1. The number of nitrogens with one attached hydrogen (secondary N) is 1. The molecule has 0 unspecified atom stereocenters. The van der Waals surface area contributed by atoms with Crippen LogP contribution in [0.4, 0.5) is 18.2 Å². The van der Waals surface area contributed by atoms with Crippen molar-refractivity contribution >= 4 is 34.1 Å². The standard InChI is InChI=1S/C18H17F3N2O6S/c1-9-12(17(26)28-7-6-27-2)16(30-13(9)14(22)24)23-15(25)10-4-3-5-11(8-10)29-18(19,20)21/h3-5,8H,6-7H2,1-2H3,(H2,22,24)(H,23,25). The molecular formula is C18H17F3N2O6S. The molecule has 1 aromatic carbocycles. The van der Waals surface area contributed by atoms with Gasteiger partial charge in [-0.1, -0.05) is 6.07 Å². The summed E-state index contributed by atoms with van der Waals surface area (Å²) in [5.41, 5.74) is 5.26. The first-order valence-electron chi connectivity index (χ1n) is 8.30. The minimum atomic E-state index is -4.92. The van der Waals surface area contributed by atoms with Crippen molar-refractivity contribution in [3.63, 3.8) is 0 Å². The number of methoxy groups -OCH3 is 1. The molecule has 0 aliphatic heterocycles. The molecule has 2 amide bonds. The Kier molecular flexibility index (Phi) is 7.40. The fraction of sp³-hybridized carbons (Fsp3) is 0.278. The van der Waals surface area contributed by atoms with E-state index < -0.39 is 29.9 Å². The molecule has 30 heavy (non-hydrogen) atoms. The second kappa shape index (κ2) is 9.59. The van der Waals surface area contributed by atoms with Crippen molar-refractivity contribution in [2.75, 3.05) is 25.6 Å². The third-order valence-electron chi connectivity index (χ3n) is 3.65.